The van der Waals surface area contributed by atoms with Crippen molar-refractivity contribution in [2.24, 2.45) is 5.92 Å². The Balaban J connectivity index is 1.44. The van der Waals surface area contributed by atoms with Gasteiger partial charge in [0.05, 0.1) is 31.5 Å². The molecule has 0 saturated carbocycles. The predicted molar refractivity (Wildman–Crippen MR) is 108 cm³/mol. The monoisotopic (exact) mass is 396 g/mol. The van der Waals surface area contributed by atoms with E-state index in [2.05, 4.69) is 0 Å². The first-order chi connectivity index (χ1) is 14.3. The summed E-state index contributed by atoms with van der Waals surface area (Å²) in [5.74, 6) is -0.141. The van der Waals surface area contributed by atoms with E-state index in [1.165, 1.54) is 0 Å². The molecule has 4 rings (SSSR count). The quantitative estimate of drug-likeness (QED) is 0.694. The highest BCUT2D eigenvalue weighted by Crippen LogP contribution is 2.39. The molecule has 5 heteroatoms. The van der Waals surface area contributed by atoms with Crippen LogP contribution in [0.5, 0.6) is 0 Å². The van der Waals surface area contributed by atoms with Gasteiger partial charge in [-0.15, -0.1) is 0 Å². The molecule has 2 aromatic carbocycles. The first kappa shape index (κ1) is 20.2. The van der Waals surface area contributed by atoms with E-state index in [0.717, 1.165) is 30.3 Å². The Labute approximate surface area is 171 Å². The van der Waals surface area contributed by atoms with Crippen LogP contribution < -0.4 is 0 Å². The number of carbonyl (C=O) groups is 1. The molecule has 0 unspecified atom stereocenters. The molecule has 1 N–H and O–H groups in total. The van der Waals surface area contributed by atoms with Gasteiger partial charge < -0.3 is 24.1 Å². The van der Waals surface area contributed by atoms with Gasteiger partial charge in [-0.05, 0) is 24.0 Å². The number of aliphatic hydroxyl groups is 1. The van der Waals surface area contributed by atoms with Crippen molar-refractivity contribution < 1.29 is 24.1 Å². The minimum atomic E-state index is -0.832. The molecule has 0 radical (unpaired) electrons. The van der Waals surface area contributed by atoms with Crippen molar-refractivity contribution >= 4 is 6.29 Å². The molecule has 2 saturated heterocycles. The maximum atomic E-state index is 11.3. The minimum absolute atomic E-state index is 0.0917. The normalized spacial score (nSPS) is 31.3. The molecule has 0 aromatic heterocycles. The van der Waals surface area contributed by atoms with E-state index in [4.69, 9.17) is 14.2 Å². The van der Waals surface area contributed by atoms with Gasteiger partial charge in [-0.25, -0.2) is 0 Å². The third-order valence-corrected chi connectivity index (χ3v) is 5.97. The highest BCUT2D eigenvalue weighted by molar-refractivity contribution is 5.50. The molecule has 2 aromatic rings. The highest BCUT2D eigenvalue weighted by Gasteiger charge is 2.51. The third-order valence-electron chi connectivity index (χ3n) is 5.97. The zero-order valence-corrected chi connectivity index (χ0v) is 16.4. The van der Waals surface area contributed by atoms with Gasteiger partial charge in [-0.1, -0.05) is 60.7 Å². The fourth-order valence-electron chi connectivity index (χ4n) is 4.46. The highest BCUT2D eigenvalue weighted by atomic mass is 16.6. The molecule has 2 aliphatic rings. The summed E-state index contributed by atoms with van der Waals surface area (Å²) in [6.07, 6.45) is 0.815. The van der Waals surface area contributed by atoms with Crippen LogP contribution in [-0.4, -0.2) is 41.9 Å². The molecule has 154 valence electrons. The van der Waals surface area contributed by atoms with E-state index in [-0.39, 0.29) is 18.1 Å². The number of hydrogen-bond donors (Lipinski definition) is 1. The van der Waals surface area contributed by atoms with E-state index >= 15 is 0 Å². The van der Waals surface area contributed by atoms with Crippen LogP contribution in [0.1, 0.15) is 30.4 Å². The largest absolute Gasteiger partial charge is 0.388 e. The number of hydrogen-bond acceptors (Lipinski definition) is 5. The standard InChI is InChI=1S/C24H28O5/c25-14-13-19-20-11-12-21(27-15-17-7-3-1-4-8-17)24(29-20)22(26)23(19)28-16-18-9-5-2-6-10-18/h1-10,14,19-24,26H,11-13,15-16H2/t19-,20+,21+,22-,23+,24-/m0/s1. The lowest BCUT2D eigenvalue weighted by Crippen LogP contribution is -2.61. The van der Waals surface area contributed by atoms with Crippen molar-refractivity contribution in [3.8, 4) is 0 Å². The summed E-state index contributed by atoms with van der Waals surface area (Å²) in [7, 11) is 0. The van der Waals surface area contributed by atoms with Gasteiger partial charge >= 0.3 is 0 Å². The van der Waals surface area contributed by atoms with Crippen LogP contribution in [0.25, 0.3) is 0 Å². The lowest BCUT2D eigenvalue weighted by Gasteiger charge is -2.50. The van der Waals surface area contributed by atoms with Gasteiger partial charge in [0.2, 0.25) is 0 Å². The van der Waals surface area contributed by atoms with Crippen LogP contribution in [0.15, 0.2) is 60.7 Å². The van der Waals surface area contributed by atoms with Gasteiger partial charge in [-0.2, -0.15) is 0 Å². The Kier molecular flexibility index (Phi) is 6.72. The van der Waals surface area contributed by atoms with E-state index in [1.807, 2.05) is 60.7 Å². The molecule has 0 aliphatic carbocycles. The fourth-order valence-corrected chi connectivity index (χ4v) is 4.46. The summed E-state index contributed by atoms with van der Waals surface area (Å²) in [6, 6.07) is 19.9. The molecule has 2 aliphatic heterocycles. The van der Waals surface area contributed by atoms with Crippen molar-refractivity contribution in [3.63, 3.8) is 0 Å². The second-order valence-electron chi connectivity index (χ2n) is 7.87. The Morgan fingerprint density at radius 1 is 0.931 bits per heavy atom. The summed E-state index contributed by atoms with van der Waals surface area (Å²) in [5.41, 5.74) is 2.13. The second kappa shape index (κ2) is 9.63. The van der Waals surface area contributed by atoms with Crippen LogP contribution in [0.2, 0.25) is 0 Å². The first-order valence-electron chi connectivity index (χ1n) is 10.3. The fraction of sp³-hybridized carbons (Fsp3) is 0.458. The van der Waals surface area contributed by atoms with Crippen LogP contribution >= 0.6 is 0 Å². The Morgan fingerprint density at radius 2 is 1.55 bits per heavy atom. The van der Waals surface area contributed by atoms with Gasteiger partial charge in [0.25, 0.3) is 0 Å². The second-order valence-corrected chi connectivity index (χ2v) is 7.87. The summed E-state index contributed by atoms with van der Waals surface area (Å²) in [5, 5.41) is 11.1. The molecule has 6 atom stereocenters. The lowest BCUT2D eigenvalue weighted by atomic mass is 9.77. The smallest absolute Gasteiger partial charge is 0.120 e. The number of carbonyl (C=O) groups excluding carboxylic acids is 1. The summed E-state index contributed by atoms with van der Waals surface area (Å²) in [4.78, 5) is 11.3. The van der Waals surface area contributed by atoms with Crippen molar-refractivity contribution in [1.29, 1.82) is 0 Å². The molecular formula is C24H28O5. The van der Waals surface area contributed by atoms with Crippen LogP contribution in [0.4, 0.5) is 0 Å². The van der Waals surface area contributed by atoms with Crippen molar-refractivity contribution in [1.82, 2.24) is 0 Å². The average Bonchev–Trinajstić information content (AvgIpc) is 2.77. The molecule has 2 bridgehead atoms. The molecule has 29 heavy (non-hydrogen) atoms. The number of aldehydes is 1. The average molecular weight is 396 g/mol. The van der Waals surface area contributed by atoms with Crippen molar-refractivity contribution in [3.05, 3.63) is 71.8 Å². The molecular weight excluding hydrogens is 368 g/mol. The summed E-state index contributed by atoms with van der Waals surface area (Å²) >= 11 is 0. The van der Waals surface area contributed by atoms with Gasteiger partial charge in [0, 0.05) is 12.3 Å². The minimum Gasteiger partial charge on any atom is -0.388 e. The van der Waals surface area contributed by atoms with Gasteiger partial charge in [-0.3, -0.25) is 0 Å². The number of fused-ring (bicyclic) bond motifs is 2. The maximum absolute atomic E-state index is 11.3. The molecule has 2 fully saturated rings. The van der Waals surface area contributed by atoms with Crippen LogP contribution in [0.3, 0.4) is 0 Å². The Bertz CT molecular complexity index is 765. The van der Waals surface area contributed by atoms with E-state index < -0.39 is 18.3 Å². The Morgan fingerprint density at radius 3 is 2.17 bits per heavy atom. The van der Waals surface area contributed by atoms with Crippen LogP contribution in [-0.2, 0) is 32.2 Å². The number of rotatable bonds is 8. The topological polar surface area (TPSA) is 65.0 Å². The zero-order valence-electron chi connectivity index (χ0n) is 16.4. The molecule has 0 spiro atoms. The number of ether oxygens (including phenoxy) is 3. The molecule has 2 heterocycles. The van der Waals surface area contributed by atoms with E-state index in [0.29, 0.717) is 19.6 Å². The van der Waals surface area contributed by atoms with Gasteiger partial charge in [0.1, 0.15) is 18.5 Å². The lowest BCUT2D eigenvalue weighted by molar-refractivity contribution is -0.266. The maximum Gasteiger partial charge on any atom is 0.120 e. The molecule has 0 amide bonds. The summed E-state index contributed by atoms with van der Waals surface area (Å²) < 4.78 is 18.4. The number of benzene rings is 2. The summed E-state index contributed by atoms with van der Waals surface area (Å²) in [6.45, 7) is 0.878. The zero-order chi connectivity index (χ0) is 20.1. The van der Waals surface area contributed by atoms with E-state index in [1.54, 1.807) is 0 Å². The Hall–Kier alpha value is -2.05. The SMILES string of the molecule is O=CC[C@@H]1[C@@H](OCc2ccccc2)[C@H](O)[C@H]2O[C@@H]1CC[C@H]2OCc1ccccc1. The van der Waals surface area contributed by atoms with Crippen molar-refractivity contribution in [2.75, 3.05) is 0 Å². The molecule has 5 nitrogen and oxygen atoms in total. The van der Waals surface area contributed by atoms with Crippen LogP contribution in [0, 0.1) is 5.92 Å². The first-order valence-corrected chi connectivity index (χ1v) is 10.3. The number of aliphatic hydroxyl groups excluding tert-OH is 1. The predicted octanol–water partition coefficient (Wildman–Crippen LogP) is 3.28. The van der Waals surface area contributed by atoms with Gasteiger partial charge in [0.15, 0.2) is 0 Å². The van der Waals surface area contributed by atoms with E-state index in [9.17, 15) is 9.90 Å². The third kappa shape index (κ3) is 4.75. The van der Waals surface area contributed by atoms with Crippen molar-refractivity contribution in [2.45, 2.75) is 63.0 Å².